The van der Waals surface area contributed by atoms with Gasteiger partial charge in [-0.25, -0.2) is 9.59 Å². The van der Waals surface area contributed by atoms with Gasteiger partial charge in [0.15, 0.2) is 0 Å². The molecule has 10 nitrogen and oxygen atoms in total. The summed E-state index contributed by atoms with van der Waals surface area (Å²) in [6.45, 7) is 16.0. The van der Waals surface area contributed by atoms with Gasteiger partial charge in [0, 0.05) is 11.1 Å². The summed E-state index contributed by atoms with van der Waals surface area (Å²) < 4.78 is 59.3. The summed E-state index contributed by atoms with van der Waals surface area (Å²) in [5, 5.41) is 0. The number of rotatable bonds is 18. The van der Waals surface area contributed by atoms with Crippen LogP contribution in [0.2, 0.25) is 0 Å². The third kappa shape index (κ3) is 11.6. The van der Waals surface area contributed by atoms with E-state index in [0.717, 1.165) is 0 Å². The van der Waals surface area contributed by atoms with Crippen LogP contribution in [0.3, 0.4) is 0 Å². The Kier molecular flexibility index (Phi) is 14.3. The van der Waals surface area contributed by atoms with Crippen LogP contribution in [-0.4, -0.2) is 63.9 Å². The molecule has 0 rings (SSSR count). The molecule has 0 heterocycles. The molecular formula is C21H38O10P2. The maximum absolute atomic E-state index is 13.5. The minimum atomic E-state index is -3.79. The van der Waals surface area contributed by atoms with E-state index >= 15 is 0 Å². The Hall–Kier alpha value is -1.28. The van der Waals surface area contributed by atoms with Crippen molar-refractivity contribution in [1.82, 2.24) is 0 Å². The van der Waals surface area contributed by atoms with Gasteiger partial charge in [-0.2, -0.15) is 0 Å². The Morgan fingerprint density at radius 1 is 0.667 bits per heavy atom. The van der Waals surface area contributed by atoms with E-state index in [1.807, 2.05) is 0 Å². The lowest BCUT2D eigenvalue weighted by Crippen LogP contribution is -2.42. The van der Waals surface area contributed by atoms with E-state index in [1.54, 1.807) is 27.7 Å². The largest absolute Gasteiger partial charge is 0.462 e. The smallest absolute Gasteiger partial charge is 0.333 e. The van der Waals surface area contributed by atoms with Crippen LogP contribution >= 0.6 is 15.2 Å². The van der Waals surface area contributed by atoms with Gasteiger partial charge < -0.3 is 27.6 Å². The highest BCUT2D eigenvalue weighted by atomic mass is 31.2. The molecule has 0 unspecified atom stereocenters. The van der Waals surface area contributed by atoms with Crippen molar-refractivity contribution < 1.29 is 46.3 Å². The highest BCUT2D eigenvalue weighted by Gasteiger charge is 2.48. The molecule has 0 aliphatic heterocycles. The monoisotopic (exact) mass is 512 g/mol. The molecule has 0 atom stereocenters. The lowest BCUT2D eigenvalue weighted by Gasteiger charge is -2.36. The lowest BCUT2D eigenvalue weighted by atomic mass is 9.95. The second-order valence-electron chi connectivity index (χ2n) is 7.42. The molecule has 0 fully saturated rings. The molecule has 0 radical (unpaired) electrons. The molecule has 0 saturated carbocycles. The molecule has 0 aliphatic rings. The molecule has 192 valence electrons. The molecule has 0 spiro atoms. The van der Waals surface area contributed by atoms with Gasteiger partial charge in [-0.15, -0.1) is 0 Å². The summed E-state index contributed by atoms with van der Waals surface area (Å²) in [5.74, 6) is -1.45. The van der Waals surface area contributed by atoms with Gasteiger partial charge in [0.05, 0.1) is 44.2 Å². The van der Waals surface area contributed by atoms with Gasteiger partial charge in [-0.1, -0.05) is 13.2 Å². The summed E-state index contributed by atoms with van der Waals surface area (Å²) in [7, 11) is -7.58. The van der Waals surface area contributed by atoms with E-state index in [9.17, 15) is 18.7 Å². The summed E-state index contributed by atoms with van der Waals surface area (Å²) in [5.41, 5.74) is -1.24. The van der Waals surface area contributed by atoms with Crippen LogP contribution in [0.25, 0.3) is 0 Å². The lowest BCUT2D eigenvalue weighted by molar-refractivity contribution is -0.147. The molecule has 33 heavy (non-hydrogen) atoms. The topological polar surface area (TPSA) is 124 Å². The first-order valence-electron chi connectivity index (χ1n) is 10.7. The first-order valence-corrected chi connectivity index (χ1v) is 14.2. The highest BCUT2D eigenvalue weighted by molar-refractivity contribution is 7.55. The predicted octanol–water partition coefficient (Wildman–Crippen LogP) is 4.74. The standard InChI is InChI=1S/C21H38O10P2/c1-9-28-32(24,29-10-2)15-21(13-26-19(22)17(5)6,14-27-20(23)18(7)8)16-33(25,30-11-3)31-12-4/h5,7,9-16H2,1-4,6,8H3. The Balaban J connectivity index is 6.49. The normalized spacial score (nSPS) is 12.3. The third-order valence-corrected chi connectivity index (χ3v) is 8.80. The number of esters is 2. The van der Waals surface area contributed by atoms with Crippen LogP contribution < -0.4 is 0 Å². The summed E-state index contributed by atoms with van der Waals surface area (Å²) in [6, 6.07) is 0. The second kappa shape index (κ2) is 14.9. The minimum absolute atomic E-state index is 0.0685. The van der Waals surface area contributed by atoms with E-state index in [0.29, 0.717) is 0 Å². The van der Waals surface area contributed by atoms with Crippen molar-refractivity contribution >= 4 is 27.1 Å². The fraction of sp³-hybridized carbons (Fsp3) is 0.714. The van der Waals surface area contributed by atoms with Crippen molar-refractivity contribution in [3.63, 3.8) is 0 Å². The van der Waals surface area contributed by atoms with Gasteiger partial charge in [0.25, 0.3) is 0 Å². The molecule has 0 amide bonds. The summed E-state index contributed by atoms with van der Waals surface area (Å²) in [6.07, 6.45) is -0.752. The molecule has 0 aliphatic carbocycles. The van der Waals surface area contributed by atoms with Crippen LogP contribution in [0.5, 0.6) is 0 Å². The molecule has 0 aromatic rings. The van der Waals surface area contributed by atoms with Crippen LogP contribution in [0.15, 0.2) is 24.3 Å². The Labute approximate surface area is 197 Å². The fourth-order valence-electron chi connectivity index (χ4n) is 2.82. The molecule has 0 bridgehead atoms. The van der Waals surface area contributed by atoms with Crippen molar-refractivity contribution in [2.45, 2.75) is 41.5 Å². The van der Waals surface area contributed by atoms with Gasteiger partial charge in [-0.3, -0.25) is 9.13 Å². The molecule has 0 N–H and O–H groups in total. The average molecular weight is 512 g/mol. The van der Waals surface area contributed by atoms with Gasteiger partial charge in [0.1, 0.15) is 13.2 Å². The van der Waals surface area contributed by atoms with Crippen LogP contribution in [0.4, 0.5) is 0 Å². The van der Waals surface area contributed by atoms with E-state index in [4.69, 9.17) is 27.6 Å². The zero-order chi connectivity index (χ0) is 25.7. The minimum Gasteiger partial charge on any atom is -0.462 e. The quantitative estimate of drug-likeness (QED) is 0.144. The number of hydrogen-bond donors (Lipinski definition) is 0. The average Bonchev–Trinajstić information content (AvgIpc) is 2.70. The summed E-state index contributed by atoms with van der Waals surface area (Å²) >= 11 is 0. The molecule has 0 aromatic heterocycles. The molecule has 12 heteroatoms. The second-order valence-corrected chi connectivity index (χ2v) is 11.5. The fourth-order valence-corrected chi connectivity index (χ4v) is 7.32. The number of hydrogen-bond acceptors (Lipinski definition) is 10. The third-order valence-electron chi connectivity index (χ3n) is 4.08. The zero-order valence-electron chi connectivity index (χ0n) is 20.5. The first kappa shape index (κ1) is 31.7. The van der Waals surface area contributed by atoms with Crippen molar-refractivity contribution in [3.05, 3.63) is 24.3 Å². The van der Waals surface area contributed by atoms with Gasteiger partial charge in [0.2, 0.25) is 0 Å². The highest BCUT2D eigenvalue weighted by Crippen LogP contribution is 2.58. The van der Waals surface area contributed by atoms with E-state index in [-0.39, 0.29) is 49.9 Å². The number of carbonyl (C=O) groups is 2. The van der Waals surface area contributed by atoms with Crippen molar-refractivity contribution in [2.24, 2.45) is 5.41 Å². The van der Waals surface area contributed by atoms with Crippen molar-refractivity contribution in [2.75, 3.05) is 52.0 Å². The molecule has 0 aromatic carbocycles. The van der Waals surface area contributed by atoms with E-state index in [2.05, 4.69) is 13.2 Å². The van der Waals surface area contributed by atoms with E-state index in [1.165, 1.54) is 13.8 Å². The van der Waals surface area contributed by atoms with Gasteiger partial charge in [-0.05, 0) is 41.5 Å². The maximum atomic E-state index is 13.5. The Morgan fingerprint density at radius 3 is 1.15 bits per heavy atom. The predicted molar refractivity (Wildman–Crippen MR) is 125 cm³/mol. The maximum Gasteiger partial charge on any atom is 0.333 e. The van der Waals surface area contributed by atoms with Crippen LogP contribution in [-0.2, 0) is 46.3 Å². The van der Waals surface area contributed by atoms with Crippen molar-refractivity contribution in [1.29, 1.82) is 0 Å². The first-order chi connectivity index (χ1) is 15.3. The van der Waals surface area contributed by atoms with Gasteiger partial charge >= 0.3 is 27.1 Å². The molecular weight excluding hydrogens is 474 g/mol. The van der Waals surface area contributed by atoms with Crippen molar-refractivity contribution in [3.8, 4) is 0 Å². The zero-order valence-corrected chi connectivity index (χ0v) is 22.3. The van der Waals surface area contributed by atoms with Crippen LogP contribution in [0.1, 0.15) is 41.5 Å². The SMILES string of the molecule is C=C(C)C(=O)OCC(COC(=O)C(=C)C)(CP(=O)(OCC)OCC)CP(=O)(OCC)OCC. The summed E-state index contributed by atoms with van der Waals surface area (Å²) in [4.78, 5) is 24.3. The van der Waals surface area contributed by atoms with Crippen LogP contribution in [0, 0.1) is 5.41 Å². The number of ether oxygens (including phenoxy) is 2. The van der Waals surface area contributed by atoms with E-state index < -0.39 is 45.8 Å². The Morgan fingerprint density at radius 2 is 0.939 bits per heavy atom. The number of carbonyl (C=O) groups excluding carboxylic acids is 2. The Bertz CT molecular complexity index is 693. The molecule has 0 saturated heterocycles.